The number of carbonyl (C=O) groups is 1. The Morgan fingerprint density at radius 3 is 2.66 bits per heavy atom. The maximum atomic E-state index is 13.1. The van der Waals surface area contributed by atoms with Gasteiger partial charge in [-0.25, -0.2) is 0 Å². The first kappa shape index (κ1) is 19.7. The van der Waals surface area contributed by atoms with E-state index in [9.17, 15) is 9.59 Å². The number of rotatable bonds is 4. The first-order chi connectivity index (χ1) is 14.0. The summed E-state index contributed by atoms with van der Waals surface area (Å²) in [5.74, 6) is 2.09. The molecule has 1 fully saturated rings. The molecule has 3 aromatic rings. The molecule has 29 heavy (non-hydrogen) atoms. The molecule has 150 valence electrons. The van der Waals surface area contributed by atoms with Gasteiger partial charge in [-0.3, -0.25) is 14.5 Å². The minimum atomic E-state index is -0.256. The number of aryl methyl sites for hydroxylation is 1. The number of nitrogens with one attached hydrogen (secondary N) is 1. The van der Waals surface area contributed by atoms with Crippen molar-refractivity contribution in [3.63, 3.8) is 0 Å². The van der Waals surface area contributed by atoms with Crippen LogP contribution in [0.2, 0.25) is 0 Å². The van der Waals surface area contributed by atoms with Crippen LogP contribution in [0.25, 0.3) is 10.9 Å². The van der Waals surface area contributed by atoms with Crippen LogP contribution in [0.1, 0.15) is 21.5 Å². The summed E-state index contributed by atoms with van der Waals surface area (Å²) in [6.07, 6.45) is 0. The van der Waals surface area contributed by atoms with E-state index in [4.69, 9.17) is 0 Å². The number of amides is 1. The van der Waals surface area contributed by atoms with Crippen molar-refractivity contribution in [1.82, 2.24) is 9.47 Å². The quantitative estimate of drug-likeness (QED) is 0.717. The van der Waals surface area contributed by atoms with Crippen LogP contribution in [-0.4, -0.2) is 40.0 Å². The lowest BCUT2D eigenvalue weighted by atomic mass is 10.0. The number of pyridine rings is 1. The molecule has 0 spiro atoms. The molecule has 0 unspecified atom stereocenters. The summed E-state index contributed by atoms with van der Waals surface area (Å²) < 4.78 is 1.56. The number of benzene rings is 2. The summed E-state index contributed by atoms with van der Waals surface area (Å²) in [6.45, 7) is 5.14. The molecular weight excluding hydrogens is 382 g/mol. The van der Waals surface area contributed by atoms with E-state index in [1.807, 2.05) is 55.1 Å². The van der Waals surface area contributed by atoms with Crippen molar-refractivity contribution in [2.24, 2.45) is 7.05 Å². The number of hydrogen-bond donors (Lipinski definition) is 1. The highest BCUT2D eigenvalue weighted by Crippen LogP contribution is 2.24. The lowest BCUT2D eigenvalue weighted by Crippen LogP contribution is -2.32. The third kappa shape index (κ3) is 4.09. The maximum absolute atomic E-state index is 13.1. The van der Waals surface area contributed by atoms with Gasteiger partial charge in [0.25, 0.3) is 11.5 Å². The molecule has 0 saturated carbocycles. The zero-order chi connectivity index (χ0) is 20.4. The van der Waals surface area contributed by atoms with Gasteiger partial charge in [-0.2, -0.15) is 11.8 Å². The molecule has 1 aromatic heterocycles. The summed E-state index contributed by atoms with van der Waals surface area (Å²) in [7, 11) is 1.72. The fourth-order valence-corrected chi connectivity index (χ4v) is 4.76. The summed E-state index contributed by atoms with van der Waals surface area (Å²) in [6, 6.07) is 14.9. The van der Waals surface area contributed by atoms with E-state index in [0.717, 1.165) is 41.8 Å². The molecule has 0 atom stereocenters. The van der Waals surface area contributed by atoms with Crippen LogP contribution in [0.3, 0.4) is 0 Å². The second-order valence-electron chi connectivity index (χ2n) is 7.40. The van der Waals surface area contributed by atoms with Crippen LogP contribution >= 0.6 is 11.8 Å². The molecular formula is C23H25N3O2S. The largest absolute Gasteiger partial charge is 0.322 e. The molecule has 0 bridgehead atoms. The summed E-state index contributed by atoms with van der Waals surface area (Å²) in [4.78, 5) is 27.9. The van der Waals surface area contributed by atoms with Gasteiger partial charge in [0.05, 0.1) is 11.1 Å². The first-order valence-electron chi connectivity index (χ1n) is 9.83. The van der Waals surface area contributed by atoms with Crippen molar-refractivity contribution < 1.29 is 4.79 Å². The molecule has 1 N–H and O–H groups in total. The summed E-state index contributed by atoms with van der Waals surface area (Å²) in [5.41, 5.74) is 4.06. The lowest BCUT2D eigenvalue weighted by molar-refractivity contribution is 0.102. The third-order valence-corrected chi connectivity index (χ3v) is 6.53. The van der Waals surface area contributed by atoms with Crippen molar-refractivity contribution in [1.29, 1.82) is 0 Å². The molecule has 1 aliphatic heterocycles. The van der Waals surface area contributed by atoms with Gasteiger partial charge >= 0.3 is 0 Å². The van der Waals surface area contributed by atoms with E-state index in [1.54, 1.807) is 11.6 Å². The lowest BCUT2D eigenvalue weighted by Gasteiger charge is -2.27. The minimum Gasteiger partial charge on any atom is -0.322 e. The molecule has 0 radical (unpaired) electrons. The highest BCUT2D eigenvalue weighted by Gasteiger charge is 2.16. The molecule has 6 heteroatoms. The Bertz CT molecular complexity index is 1120. The molecule has 1 saturated heterocycles. The normalized spacial score (nSPS) is 14.8. The van der Waals surface area contributed by atoms with Gasteiger partial charge in [0.1, 0.15) is 0 Å². The Kier molecular flexibility index (Phi) is 5.74. The van der Waals surface area contributed by atoms with Crippen molar-refractivity contribution >= 4 is 34.3 Å². The Hall–Kier alpha value is -2.57. The van der Waals surface area contributed by atoms with Crippen molar-refractivity contribution in [3.05, 3.63) is 75.6 Å². The molecule has 2 aromatic carbocycles. The number of anilines is 1. The molecule has 1 amide bonds. The van der Waals surface area contributed by atoms with Crippen molar-refractivity contribution in [2.45, 2.75) is 13.5 Å². The topological polar surface area (TPSA) is 54.3 Å². The van der Waals surface area contributed by atoms with Crippen LogP contribution in [0.15, 0.2) is 53.3 Å². The SMILES string of the molecule is Cc1c(CN2CCSCC2)cccc1NC(=O)c1cc(=O)n(C)c2ccccc12. The average Bonchev–Trinajstić information content (AvgIpc) is 2.74. The van der Waals surface area contributed by atoms with Crippen LogP contribution < -0.4 is 10.9 Å². The maximum Gasteiger partial charge on any atom is 0.256 e. The predicted molar refractivity (Wildman–Crippen MR) is 121 cm³/mol. The number of hydrogen-bond acceptors (Lipinski definition) is 4. The standard InChI is InChI=1S/C23H25N3O2S/c1-16-17(15-26-10-12-29-13-11-26)6-5-8-20(16)24-23(28)19-14-22(27)25(2)21-9-4-3-7-18(19)21/h3-9,14H,10-13,15H2,1-2H3,(H,24,28). The fraction of sp³-hybridized carbons (Fsp3) is 0.304. The monoisotopic (exact) mass is 407 g/mol. The van der Waals surface area contributed by atoms with E-state index in [2.05, 4.69) is 16.3 Å². The Balaban J connectivity index is 1.62. The highest BCUT2D eigenvalue weighted by molar-refractivity contribution is 7.99. The van der Waals surface area contributed by atoms with Gasteiger partial charge in [0.2, 0.25) is 0 Å². The molecule has 0 aliphatic carbocycles. The van der Waals surface area contributed by atoms with Gasteiger partial charge in [0.15, 0.2) is 0 Å². The van der Waals surface area contributed by atoms with E-state index in [1.165, 1.54) is 23.1 Å². The molecule has 5 nitrogen and oxygen atoms in total. The van der Waals surface area contributed by atoms with Crippen LogP contribution in [0, 0.1) is 6.92 Å². The second-order valence-corrected chi connectivity index (χ2v) is 8.63. The van der Waals surface area contributed by atoms with E-state index >= 15 is 0 Å². The van der Waals surface area contributed by atoms with Gasteiger partial charge in [0, 0.05) is 55.3 Å². The van der Waals surface area contributed by atoms with Gasteiger partial charge in [-0.1, -0.05) is 30.3 Å². The number of thioether (sulfide) groups is 1. The highest BCUT2D eigenvalue weighted by atomic mass is 32.2. The van der Waals surface area contributed by atoms with Gasteiger partial charge in [-0.05, 0) is 30.2 Å². The van der Waals surface area contributed by atoms with Crippen molar-refractivity contribution in [2.75, 3.05) is 29.9 Å². The van der Waals surface area contributed by atoms with Gasteiger partial charge in [-0.15, -0.1) is 0 Å². The first-order valence-corrected chi connectivity index (χ1v) is 11.0. The molecule has 4 rings (SSSR count). The zero-order valence-electron chi connectivity index (χ0n) is 16.8. The number of para-hydroxylation sites is 1. The van der Waals surface area contributed by atoms with Crippen molar-refractivity contribution in [3.8, 4) is 0 Å². The van der Waals surface area contributed by atoms with E-state index < -0.39 is 0 Å². The smallest absolute Gasteiger partial charge is 0.256 e. The van der Waals surface area contributed by atoms with E-state index in [-0.39, 0.29) is 11.5 Å². The predicted octanol–water partition coefficient (Wildman–Crippen LogP) is 3.65. The Morgan fingerprint density at radius 1 is 1.10 bits per heavy atom. The molecule has 1 aliphatic rings. The van der Waals surface area contributed by atoms with Crippen LogP contribution in [0.4, 0.5) is 5.69 Å². The second kappa shape index (κ2) is 8.43. The number of nitrogens with zero attached hydrogens (tertiary/aromatic N) is 2. The van der Waals surface area contributed by atoms with Crippen LogP contribution in [0.5, 0.6) is 0 Å². The number of aromatic nitrogens is 1. The average molecular weight is 408 g/mol. The Labute approximate surface area is 174 Å². The summed E-state index contributed by atoms with van der Waals surface area (Å²) >= 11 is 2.00. The van der Waals surface area contributed by atoms with E-state index in [0.29, 0.717) is 5.56 Å². The van der Waals surface area contributed by atoms with Crippen LogP contribution in [-0.2, 0) is 13.6 Å². The number of fused-ring (bicyclic) bond motifs is 1. The molecule has 2 heterocycles. The third-order valence-electron chi connectivity index (χ3n) is 5.59. The van der Waals surface area contributed by atoms with Gasteiger partial charge < -0.3 is 9.88 Å². The number of carbonyl (C=O) groups excluding carboxylic acids is 1. The zero-order valence-corrected chi connectivity index (χ0v) is 17.6. The Morgan fingerprint density at radius 2 is 1.86 bits per heavy atom. The summed E-state index contributed by atoms with van der Waals surface area (Å²) in [5, 5.41) is 3.80. The fourth-order valence-electron chi connectivity index (χ4n) is 3.78. The minimum absolute atomic E-state index is 0.192.